The van der Waals surface area contributed by atoms with E-state index in [-0.39, 0.29) is 17.0 Å². The number of carbonyl (C=O) groups excluding carboxylic acids is 1. The lowest BCUT2D eigenvalue weighted by molar-refractivity contribution is -0.115. The van der Waals surface area contributed by atoms with Crippen molar-refractivity contribution in [1.29, 1.82) is 0 Å². The summed E-state index contributed by atoms with van der Waals surface area (Å²) in [5.41, 5.74) is 0.691. The number of fused-ring (bicyclic) bond motifs is 2. The number of allylic oxidation sites excluding steroid dienone is 1. The van der Waals surface area contributed by atoms with E-state index in [1.54, 1.807) is 61.6 Å². The maximum atomic E-state index is 12.7. The van der Waals surface area contributed by atoms with E-state index in [0.29, 0.717) is 33.4 Å². The number of carbonyl (C=O) groups is 1. The van der Waals surface area contributed by atoms with Gasteiger partial charge in [0.05, 0.1) is 17.9 Å². The van der Waals surface area contributed by atoms with Gasteiger partial charge in [0.1, 0.15) is 11.2 Å². The highest BCUT2D eigenvalue weighted by Gasteiger charge is 2.16. The van der Waals surface area contributed by atoms with Crippen molar-refractivity contribution >= 4 is 27.7 Å². The second-order valence-electron chi connectivity index (χ2n) is 6.04. The average molecular weight is 353 g/mol. The van der Waals surface area contributed by atoms with Crippen LogP contribution in [0, 0.1) is 0 Å². The van der Waals surface area contributed by atoms with Crippen LogP contribution in [0.1, 0.15) is 6.92 Å². The molecule has 0 aliphatic rings. The van der Waals surface area contributed by atoms with Crippen LogP contribution in [0.2, 0.25) is 0 Å². The van der Waals surface area contributed by atoms with Gasteiger partial charge >= 0.3 is 0 Å². The zero-order valence-electron chi connectivity index (χ0n) is 15.0. The van der Waals surface area contributed by atoms with Crippen molar-refractivity contribution in [2.24, 2.45) is 0 Å². The third-order valence-electron chi connectivity index (χ3n) is 3.80. The molecule has 0 amide bonds. The van der Waals surface area contributed by atoms with Gasteiger partial charge < -0.3 is 18.8 Å². The monoisotopic (exact) mass is 353 g/mol. The molecule has 134 valence electrons. The standard InChI is InChI=1S/C20H19NO5/c1-12(22)19(11-21(2)3)26-18-10-16-14(9-17(18)24-4)20(23)13-7-5-6-8-15(13)25-16/h5-11H,1-4H3/b19-11-. The average Bonchev–Trinajstić information content (AvgIpc) is 2.60. The molecule has 0 saturated heterocycles. The van der Waals surface area contributed by atoms with Gasteiger partial charge in [0, 0.05) is 33.3 Å². The largest absolute Gasteiger partial charge is 0.493 e. The highest BCUT2D eigenvalue weighted by atomic mass is 16.5. The summed E-state index contributed by atoms with van der Waals surface area (Å²) in [6, 6.07) is 10.2. The van der Waals surface area contributed by atoms with Crippen LogP contribution < -0.4 is 14.9 Å². The molecule has 0 unspecified atom stereocenters. The van der Waals surface area contributed by atoms with Gasteiger partial charge in [0.15, 0.2) is 23.0 Å². The van der Waals surface area contributed by atoms with Crippen LogP contribution in [0.3, 0.4) is 0 Å². The summed E-state index contributed by atoms with van der Waals surface area (Å²) in [6.07, 6.45) is 1.57. The Hall–Kier alpha value is -3.28. The first-order chi connectivity index (χ1) is 12.4. The van der Waals surface area contributed by atoms with Crippen LogP contribution in [0.15, 0.2) is 57.6 Å². The Balaban J connectivity index is 2.21. The SMILES string of the molecule is COc1cc2c(=O)c3ccccc3oc2cc1O/C(=C\N(C)C)C(C)=O. The van der Waals surface area contributed by atoms with E-state index in [1.807, 2.05) is 0 Å². The molecule has 2 aromatic carbocycles. The number of rotatable bonds is 5. The molecule has 0 N–H and O–H groups in total. The lowest BCUT2D eigenvalue weighted by Gasteiger charge is -2.14. The normalized spacial score (nSPS) is 11.6. The summed E-state index contributed by atoms with van der Waals surface area (Å²) in [5, 5.41) is 0.876. The first-order valence-corrected chi connectivity index (χ1v) is 8.01. The Kier molecular flexibility index (Phi) is 4.67. The summed E-state index contributed by atoms with van der Waals surface area (Å²) in [6.45, 7) is 1.41. The second-order valence-corrected chi connectivity index (χ2v) is 6.04. The van der Waals surface area contributed by atoms with Gasteiger partial charge in [-0.1, -0.05) is 12.1 Å². The predicted octanol–water partition coefficient (Wildman–Crippen LogP) is 3.33. The highest BCUT2D eigenvalue weighted by Crippen LogP contribution is 2.33. The molecule has 1 aromatic heterocycles. The molecular weight excluding hydrogens is 334 g/mol. The molecule has 0 atom stereocenters. The number of hydrogen-bond donors (Lipinski definition) is 0. The molecular formula is C20H19NO5. The lowest BCUT2D eigenvalue weighted by Crippen LogP contribution is -2.12. The van der Waals surface area contributed by atoms with Crippen molar-refractivity contribution in [2.45, 2.75) is 6.92 Å². The molecule has 0 radical (unpaired) electrons. The number of hydrogen-bond acceptors (Lipinski definition) is 6. The molecule has 26 heavy (non-hydrogen) atoms. The molecule has 6 nitrogen and oxygen atoms in total. The molecule has 0 spiro atoms. The van der Waals surface area contributed by atoms with E-state index in [2.05, 4.69) is 0 Å². The highest BCUT2D eigenvalue weighted by molar-refractivity contribution is 5.93. The van der Waals surface area contributed by atoms with E-state index >= 15 is 0 Å². The number of ether oxygens (including phenoxy) is 2. The van der Waals surface area contributed by atoms with E-state index in [1.165, 1.54) is 14.0 Å². The molecule has 1 heterocycles. The Morgan fingerprint density at radius 1 is 1.08 bits per heavy atom. The van der Waals surface area contributed by atoms with E-state index in [4.69, 9.17) is 13.9 Å². The van der Waals surface area contributed by atoms with Crippen molar-refractivity contribution in [3.05, 3.63) is 58.6 Å². The maximum Gasteiger partial charge on any atom is 0.200 e. The quantitative estimate of drug-likeness (QED) is 0.398. The van der Waals surface area contributed by atoms with Crippen LogP contribution in [0.4, 0.5) is 0 Å². The van der Waals surface area contributed by atoms with Crippen molar-refractivity contribution in [3.63, 3.8) is 0 Å². The number of methoxy groups -OCH3 is 1. The Morgan fingerprint density at radius 2 is 1.81 bits per heavy atom. The Morgan fingerprint density at radius 3 is 2.46 bits per heavy atom. The summed E-state index contributed by atoms with van der Waals surface area (Å²) in [4.78, 5) is 26.3. The van der Waals surface area contributed by atoms with Gasteiger partial charge in [0.25, 0.3) is 0 Å². The molecule has 0 aliphatic carbocycles. The Bertz CT molecular complexity index is 1080. The van der Waals surface area contributed by atoms with Gasteiger partial charge in [-0.2, -0.15) is 0 Å². The van der Waals surface area contributed by atoms with Crippen molar-refractivity contribution < 1.29 is 18.7 Å². The third kappa shape index (κ3) is 3.26. The minimum Gasteiger partial charge on any atom is -0.493 e. The van der Waals surface area contributed by atoms with Crippen LogP contribution in [-0.2, 0) is 4.79 Å². The molecule has 0 saturated carbocycles. The van der Waals surface area contributed by atoms with Crippen LogP contribution in [-0.4, -0.2) is 31.9 Å². The van der Waals surface area contributed by atoms with Gasteiger partial charge in [0.2, 0.25) is 5.43 Å². The van der Waals surface area contributed by atoms with Crippen molar-refractivity contribution in [1.82, 2.24) is 4.90 Å². The number of ketones is 1. The maximum absolute atomic E-state index is 12.7. The fourth-order valence-electron chi connectivity index (χ4n) is 2.59. The van der Waals surface area contributed by atoms with Crippen LogP contribution in [0.5, 0.6) is 11.5 Å². The van der Waals surface area contributed by atoms with E-state index in [9.17, 15) is 9.59 Å². The predicted molar refractivity (Wildman–Crippen MR) is 99.6 cm³/mol. The summed E-state index contributed by atoms with van der Waals surface area (Å²) in [7, 11) is 5.05. The van der Waals surface area contributed by atoms with Gasteiger partial charge in [-0.25, -0.2) is 0 Å². The first-order valence-electron chi connectivity index (χ1n) is 8.01. The summed E-state index contributed by atoms with van der Waals surface area (Å²) >= 11 is 0. The molecule has 0 aliphatic heterocycles. The van der Waals surface area contributed by atoms with Crippen LogP contribution in [0.25, 0.3) is 21.9 Å². The van der Waals surface area contributed by atoms with Crippen molar-refractivity contribution in [2.75, 3.05) is 21.2 Å². The zero-order valence-corrected chi connectivity index (χ0v) is 15.0. The van der Waals surface area contributed by atoms with E-state index < -0.39 is 0 Å². The zero-order chi connectivity index (χ0) is 18.8. The Labute approximate surface area is 150 Å². The van der Waals surface area contributed by atoms with E-state index in [0.717, 1.165) is 0 Å². The number of Topliss-reactive ketones (excluding diaryl/α,β-unsaturated/α-hetero) is 1. The number of para-hydroxylation sites is 1. The van der Waals surface area contributed by atoms with Crippen LogP contribution >= 0.6 is 0 Å². The topological polar surface area (TPSA) is 69.0 Å². The third-order valence-corrected chi connectivity index (χ3v) is 3.80. The van der Waals surface area contributed by atoms with Gasteiger partial charge in [-0.3, -0.25) is 9.59 Å². The molecule has 3 rings (SSSR count). The first kappa shape index (κ1) is 17.5. The minimum absolute atomic E-state index is 0.149. The number of nitrogens with zero attached hydrogens (tertiary/aromatic N) is 1. The summed E-state index contributed by atoms with van der Waals surface area (Å²) in [5.74, 6) is 0.546. The van der Waals surface area contributed by atoms with Crippen molar-refractivity contribution in [3.8, 4) is 11.5 Å². The second kappa shape index (κ2) is 6.92. The molecule has 3 aromatic rings. The number of benzene rings is 2. The van der Waals surface area contributed by atoms with Gasteiger partial charge in [-0.05, 0) is 18.2 Å². The lowest BCUT2D eigenvalue weighted by atomic mass is 10.1. The molecule has 6 heteroatoms. The molecule has 0 fully saturated rings. The fourth-order valence-corrected chi connectivity index (χ4v) is 2.59. The molecule has 0 bridgehead atoms. The van der Waals surface area contributed by atoms with Gasteiger partial charge in [-0.15, -0.1) is 0 Å². The summed E-state index contributed by atoms with van der Waals surface area (Å²) < 4.78 is 16.9. The smallest absolute Gasteiger partial charge is 0.200 e. The minimum atomic E-state index is -0.235. The fraction of sp³-hybridized carbons (Fsp3) is 0.200.